The summed E-state index contributed by atoms with van der Waals surface area (Å²) in [6, 6.07) is 14.1. The lowest BCUT2D eigenvalue weighted by Gasteiger charge is -2.28. The van der Waals surface area contributed by atoms with E-state index in [1.54, 1.807) is 4.90 Å². The summed E-state index contributed by atoms with van der Waals surface area (Å²) >= 11 is 0. The van der Waals surface area contributed by atoms with E-state index in [1.165, 1.54) is 32.1 Å². The SMILES string of the molecule is Cc1ccc(CN2C(=O)[C@@H](N[C@@H](CCC3CCCCC3)C(=O)O)COc3ccccc32)cc1. The Bertz CT molecular complexity index is 953. The number of nitrogens with one attached hydrogen (secondary N) is 1. The van der Waals surface area contributed by atoms with E-state index in [0.717, 1.165) is 17.5 Å². The van der Waals surface area contributed by atoms with E-state index in [0.29, 0.717) is 30.3 Å². The molecule has 1 aliphatic carbocycles. The first-order valence-electron chi connectivity index (χ1n) is 12.1. The molecule has 2 atom stereocenters. The Morgan fingerprint density at radius 2 is 1.85 bits per heavy atom. The molecule has 6 heteroatoms. The average Bonchev–Trinajstić information content (AvgIpc) is 2.95. The molecule has 2 aromatic carbocycles. The molecule has 6 nitrogen and oxygen atoms in total. The fourth-order valence-corrected chi connectivity index (χ4v) is 4.91. The maximum atomic E-state index is 13.6. The lowest BCUT2D eigenvalue weighted by Crippen LogP contribution is -2.53. The van der Waals surface area contributed by atoms with E-state index in [1.807, 2.05) is 55.5 Å². The van der Waals surface area contributed by atoms with E-state index in [-0.39, 0.29) is 12.5 Å². The molecule has 0 bridgehead atoms. The van der Waals surface area contributed by atoms with Crippen molar-refractivity contribution in [3.8, 4) is 5.75 Å². The van der Waals surface area contributed by atoms with Crippen molar-refractivity contribution in [2.75, 3.05) is 11.5 Å². The van der Waals surface area contributed by atoms with Gasteiger partial charge in [0.15, 0.2) is 0 Å². The highest BCUT2D eigenvalue weighted by molar-refractivity contribution is 5.99. The highest BCUT2D eigenvalue weighted by Gasteiger charge is 2.34. The molecule has 0 aromatic heterocycles. The Morgan fingerprint density at radius 3 is 2.58 bits per heavy atom. The molecule has 176 valence electrons. The molecule has 0 unspecified atom stereocenters. The van der Waals surface area contributed by atoms with Gasteiger partial charge in [-0.2, -0.15) is 0 Å². The van der Waals surface area contributed by atoms with Crippen LogP contribution in [0.2, 0.25) is 0 Å². The van der Waals surface area contributed by atoms with Gasteiger partial charge in [0.25, 0.3) is 0 Å². The second kappa shape index (κ2) is 10.8. The first-order valence-corrected chi connectivity index (χ1v) is 12.1. The summed E-state index contributed by atoms with van der Waals surface area (Å²) in [5.41, 5.74) is 2.88. The Balaban J connectivity index is 1.51. The Hall–Kier alpha value is -2.86. The van der Waals surface area contributed by atoms with Crippen LogP contribution in [0.25, 0.3) is 0 Å². The molecule has 0 spiro atoms. The monoisotopic (exact) mass is 450 g/mol. The Morgan fingerprint density at radius 1 is 1.12 bits per heavy atom. The third-order valence-corrected chi connectivity index (χ3v) is 6.88. The van der Waals surface area contributed by atoms with Crippen molar-refractivity contribution >= 4 is 17.6 Å². The van der Waals surface area contributed by atoms with Gasteiger partial charge in [-0.15, -0.1) is 0 Å². The zero-order chi connectivity index (χ0) is 23.2. The zero-order valence-electron chi connectivity index (χ0n) is 19.3. The van der Waals surface area contributed by atoms with Gasteiger partial charge < -0.3 is 14.7 Å². The number of nitrogens with zero attached hydrogens (tertiary/aromatic N) is 1. The number of carboxylic acids is 1. The number of aryl methyl sites for hydroxylation is 1. The number of hydrogen-bond donors (Lipinski definition) is 2. The van der Waals surface area contributed by atoms with Gasteiger partial charge in [-0.05, 0) is 43.4 Å². The van der Waals surface area contributed by atoms with E-state index >= 15 is 0 Å². The number of rotatable bonds is 8. The van der Waals surface area contributed by atoms with E-state index < -0.39 is 18.1 Å². The molecule has 0 radical (unpaired) electrons. The minimum atomic E-state index is -0.912. The quantitative estimate of drug-likeness (QED) is 0.610. The summed E-state index contributed by atoms with van der Waals surface area (Å²) in [5, 5.41) is 13.0. The van der Waals surface area contributed by atoms with Crippen molar-refractivity contribution < 1.29 is 19.4 Å². The van der Waals surface area contributed by atoms with Crippen LogP contribution in [0.5, 0.6) is 5.75 Å². The number of carboxylic acid groups (broad SMARTS) is 1. The second-order valence-electron chi connectivity index (χ2n) is 9.38. The lowest BCUT2D eigenvalue weighted by molar-refractivity contribution is -0.140. The summed E-state index contributed by atoms with van der Waals surface area (Å²) in [7, 11) is 0. The predicted octanol–water partition coefficient (Wildman–Crippen LogP) is 4.69. The van der Waals surface area contributed by atoms with Gasteiger partial charge in [0.05, 0.1) is 12.2 Å². The summed E-state index contributed by atoms with van der Waals surface area (Å²) < 4.78 is 5.98. The van der Waals surface area contributed by atoms with Gasteiger partial charge in [0, 0.05) is 0 Å². The molecule has 2 aromatic rings. The van der Waals surface area contributed by atoms with Crippen molar-refractivity contribution in [3.63, 3.8) is 0 Å². The van der Waals surface area contributed by atoms with Crippen molar-refractivity contribution in [2.24, 2.45) is 5.92 Å². The van der Waals surface area contributed by atoms with E-state index in [2.05, 4.69) is 5.32 Å². The largest absolute Gasteiger partial charge is 0.489 e. The number of carbonyl (C=O) groups is 2. The van der Waals surface area contributed by atoms with Crippen LogP contribution in [-0.2, 0) is 16.1 Å². The minimum Gasteiger partial charge on any atom is -0.489 e. The molecule has 33 heavy (non-hydrogen) atoms. The first kappa shape index (κ1) is 23.3. The summed E-state index contributed by atoms with van der Waals surface area (Å²) in [4.78, 5) is 27.4. The van der Waals surface area contributed by atoms with Crippen LogP contribution in [0.3, 0.4) is 0 Å². The third kappa shape index (κ3) is 5.93. The molecular weight excluding hydrogens is 416 g/mol. The summed E-state index contributed by atoms with van der Waals surface area (Å²) in [5.74, 6) is 0.150. The molecule has 2 N–H and O–H groups in total. The molecule has 2 aliphatic rings. The van der Waals surface area contributed by atoms with E-state index in [9.17, 15) is 14.7 Å². The standard InChI is InChI=1S/C27H34N2O4/c1-19-11-13-21(14-12-19)17-29-24-9-5-6-10-25(24)33-18-23(26(29)30)28-22(27(31)32)16-15-20-7-3-2-4-8-20/h5-6,9-14,20,22-23,28H,2-4,7-8,15-18H2,1H3,(H,31,32)/t22-,23-/m0/s1. The summed E-state index contributed by atoms with van der Waals surface area (Å²) in [6.07, 6.45) is 7.50. The third-order valence-electron chi connectivity index (χ3n) is 6.88. The maximum Gasteiger partial charge on any atom is 0.320 e. The van der Waals surface area contributed by atoms with Crippen LogP contribution in [0, 0.1) is 12.8 Å². The Kier molecular flexibility index (Phi) is 7.65. The normalized spacial score (nSPS) is 20.0. The minimum absolute atomic E-state index is 0.105. The summed E-state index contributed by atoms with van der Waals surface area (Å²) in [6.45, 7) is 2.54. The number of carbonyl (C=O) groups excluding carboxylic acids is 1. The number of amides is 1. The van der Waals surface area contributed by atoms with Crippen molar-refractivity contribution in [1.29, 1.82) is 0 Å². The van der Waals surface area contributed by atoms with Gasteiger partial charge in [-0.3, -0.25) is 14.9 Å². The number of hydrogen-bond acceptors (Lipinski definition) is 4. The molecule has 1 heterocycles. The van der Waals surface area contributed by atoms with Crippen molar-refractivity contribution in [3.05, 3.63) is 59.7 Å². The number of fused-ring (bicyclic) bond motifs is 1. The molecule has 0 saturated heterocycles. The smallest absolute Gasteiger partial charge is 0.320 e. The Labute approximate surface area is 195 Å². The zero-order valence-corrected chi connectivity index (χ0v) is 19.3. The van der Waals surface area contributed by atoms with Crippen molar-refractivity contribution in [1.82, 2.24) is 5.32 Å². The van der Waals surface area contributed by atoms with Gasteiger partial charge in [-0.25, -0.2) is 0 Å². The lowest BCUT2D eigenvalue weighted by atomic mass is 9.85. The highest BCUT2D eigenvalue weighted by Crippen LogP contribution is 2.33. The predicted molar refractivity (Wildman–Crippen MR) is 128 cm³/mol. The van der Waals surface area contributed by atoms with Crippen LogP contribution in [0.1, 0.15) is 56.1 Å². The number of aliphatic carboxylic acids is 1. The second-order valence-corrected chi connectivity index (χ2v) is 9.38. The van der Waals surface area contributed by atoms with Crippen LogP contribution < -0.4 is 15.0 Å². The number of benzene rings is 2. The first-order chi connectivity index (χ1) is 16.0. The number of ether oxygens (including phenoxy) is 1. The average molecular weight is 451 g/mol. The molecule has 1 saturated carbocycles. The van der Waals surface area contributed by atoms with Gasteiger partial charge in [0.1, 0.15) is 24.4 Å². The molecule has 1 amide bonds. The fourth-order valence-electron chi connectivity index (χ4n) is 4.91. The van der Waals surface area contributed by atoms with Crippen molar-refractivity contribution in [2.45, 2.75) is 70.5 Å². The molecular formula is C27H34N2O4. The molecule has 1 aliphatic heterocycles. The van der Waals surface area contributed by atoms with E-state index in [4.69, 9.17) is 4.74 Å². The number of para-hydroxylation sites is 2. The highest BCUT2D eigenvalue weighted by atomic mass is 16.5. The van der Waals surface area contributed by atoms with Gasteiger partial charge in [0.2, 0.25) is 5.91 Å². The van der Waals surface area contributed by atoms with Gasteiger partial charge in [-0.1, -0.05) is 74.1 Å². The van der Waals surface area contributed by atoms with Crippen LogP contribution in [0.15, 0.2) is 48.5 Å². The van der Waals surface area contributed by atoms with Gasteiger partial charge >= 0.3 is 5.97 Å². The fraction of sp³-hybridized carbons (Fsp3) is 0.481. The van der Waals surface area contributed by atoms with Crippen LogP contribution in [-0.4, -0.2) is 35.7 Å². The molecule has 4 rings (SSSR count). The van der Waals surface area contributed by atoms with Crippen LogP contribution in [0.4, 0.5) is 5.69 Å². The maximum absolute atomic E-state index is 13.6. The van der Waals surface area contributed by atoms with Crippen LogP contribution >= 0.6 is 0 Å². The topological polar surface area (TPSA) is 78.9 Å². The molecule has 1 fully saturated rings. The number of anilines is 1.